The second kappa shape index (κ2) is 13.7. The summed E-state index contributed by atoms with van der Waals surface area (Å²) in [5, 5.41) is 8.81. The SMILES string of the molecule is CC(C)CCC[C@H](C)C1CCC2C3CC(OC(=O)c4cccc(N)c4)C4CC(OC([OH2+])c5cccc(N)c5)CCC4(C)C3CCC21C. The third kappa shape index (κ3) is 6.84. The molecule has 6 heteroatoms. The lowest BCUT2D eigenvalue weighted by Gasteiger charge is -2.62. The van der Waals surface area contributed by atoms with Crippen LogP contribution in [0, 0.1) is 52.3 Å². The van der Waals surface area contributed by atoms with E-state index in [-0.39, 0.29) is 29.5 Å². The predicted octanol–water partition coefficient (Wildman–Crippen LogP) is 8.92. The molecule has 2 aromatic carbocycles. The quantitative estimate of drug-likeness (QED) is 0.116. The number of benzene rings is 2. The van der Waals surface area contributed by atoms with Crippen molar-refractivity contribution in [1.29, 1.82) is 0 Å². The second-order valence-electron chi connectivity index (χ2n) is 16.9. The molecule has 0 radical (unpaired) electrons. The van der Waals surface area contributed by atoms with Crippen molar-refractivity contribution in [3.8, 4) is 0 Å². The Morgan fingerprint density at radius 2 is 1.57 bits per heavy atom. The van der Waals surface area contributed by atoms with Gasteiger partial charge >= 0.3 is 5.97 Å². The molecular formula is C41H61N2O4+. The van der Waals surface area contributed by atoms with E-state index in [1.165, 1.54) is 44.9 Å². The fourth-order valence-electron chi connectivity index (χ4n) is 11.4. The molecule has 6 N–H and O–H groups in total. The lowest BCUT2D eigenvalue weighted by Crippen LogP contribution is -2.59. The molecule has 258 valence electrons. The Morgan fingerprint density at radius 1 is 0.872 bits per heavy atom. The van der Waals surface area contributed by atoms with Crippen LogP contribution in [0.5, 0.6) is 0 Å². The van der Waals surface area contributed by atoms with Crippen LogP contribution in [0.25, 0.3) is 0 Å². The van der Waals surface area contributed by atoms with Gasteiger partial charge in [-0.3, -0.25) is 0 Å². The fourth-order valence-corrected chi connectivity index (χ4v) is 11.4. The molecule has 11 atom stereocenters. The van der Waals surface area contributed by atoms with Crippen molar-refractivity contribution in [3.05, 3.63) is 59.7 Å². The van der Waals surface area contributed by atoms with Crippen LogP contribution in [0.15, 0.2) is 48.5 Å². The van der Waals surface area contributed by atoms with Crippen molar-refractivity contribution in [2.45, 2.75) is 124 Å². The number of ether oxygens (including phenoxy) is 2. The first kappa shape index (κ1) is 34.3. The highest BCUT2D eigenvalue weighted by molar-refractivity contribution is 5.90. The number of rotatable bonds is 10. The van der Waals surface area contributed by atoms with Gasteiger partial charge in [-0.15, -0.1) is 0 Å². The third-order valence-corrected chi connectivity index (χ3v) is 13.7. The van der Waals surface area contributed by atoms with E-state index in [1.54, 1.807) is 6.07 Å². The van der Waals surface area contributed by atoms with Gasteiger partial charge in [-0.25, -0.2) is 4.79 Å². The van der Waals surface area contributed by atoms with Crippen molar-refractivity contribution in [1.82, 2.24) is 0 Å². The Bertz CT molecular complexity index is 1400. The first-order chi connectivity index (χ1) is 22.4. The van der Waals surface area contributed by atoms with Gasteiger partial charge in [0, 0.05) is 17.3 Å². The number of hydrogen-bond acceptors (Lipinski definition) is 5. The molecule has 47 heavy (non-hydrogen) atoms. The van der Waals surface area contributed by atoms with E-state index in [0.717, 1.165) is 49.0 Å². The number of carbonyl (C=O) groups excluding carboxylic acids is 1. The Morgan fingerprint density at radius 3 is 2.30 bits per heavy atom. The van der Waals surface area contributed by atoms with Crippen LogP contribution in [0.1, 0.15) is 127 Å². The average Bonchev–Trinajstić information content (AvgIpc) is 3.39. The van der Waals surface area contributed by atoms with Crippen LogP contribution in [-0.2, 0) is 9.47 Å². The molecule has 4 fully saturated rings. The van der Waals surface area contributed by atoms with E-state index in [0.29, 0.717) is 40.1 Å². The van der Waals surface area contributed by atoms with Crippen LogP contribution in [0.2, 0.25) is 0 Å². The molecule has 0 saturated heterocycles. The Kier molecular flexibility index (Phi) is 10.0. The zero-order valence-corrected chi connectivity index (χ0v) is 29.5. The molecule has 6 nitrogen and oxygen atoms in total. The van der Waals surface area contributed by atoms with Crippen molar-refractivity contribution in [2.24, 2.45) is 52.3 Å². The number of nitrogen functional groups attached to an aromatic ring is 2. The summed E-state index contributed by atoms with van der Waals surface area (Å²) < 4.78 is 13.0. The van der Waals surface area contributed by atoms with Gasteiger partial charge in [0.05, 0.1) is 17.2 Å². The normalized spacial score (nSPS) is 36.2. The molecule has 2 aromatic rings. The van der Waals surface area contributed by atoms with Gasteiger partial charge in [0.1, 0.15) is 6.10 Å². The van der Waals surface area contributed by atoms with Crippen molar-refractivity contribution in [3.63, 3.8) is 0 Å². The molecule has 4 aliphatic rings. The molecule has 0 aromatic heterocycles. The molecule has 0 amide bonds. The first-order valence-corrected chi connectivity index (χ1v) is 18.7. The molecule has 6 rings (SSSR count). The third-order valence-electron chi connectivity index (χ3n) is 13.7. The van der Waals surface area contributed by atoms with Crippen LogP contribution in [0.4, 0.5) is 11.4 Å². The average molecular weight is 646 g/mol. The number of carbonyl (C=O) groups is 1. The minimum absolute atomic E-state index is 0.0569. The van der Waals surface area contributed by atoms with Crippen LogP contribution >= 0.6 is 0 Å². The molecule has 0 bridgehead atoms. The zero-order chi connectivity index (χ0) is 33.5. The lowest BCUT2D eigenvalue weighted by molar-refractivity contribution is -0.205. The van der Waals surface area contributed by atoms with E-state index in [9.17, 15) is 4.79 Å². The fraction of sp³-hybridized carbons (Fsp3) is 0.683. The van der Waals surface area contributed by atoms with E-state index < -0.39 is 6.29 Å². The zero-order valence-electron chi connectivity index (χ0n) is 29.5. The minimum atomic E-state index is -0.786. The number of esters is 1. The Balaban J connectivity index is 1.24. The maximum absolute atomic E-state index is 13.7. The largest absolute Gasteiger partial charge is 0.458 e. The van der Waals surface area contributed by atoms with Gasteiger partial charge in [-0.05, 0) is 134 Å². The summed E-state index contributed by atoms with van der Waals surface area (Å²) >= 11 is 0. The van der Waals surface area contributed by atoms with E-state index in [4.69, 9.17) is 26.0 Å². The number of hydrogen-bond donors (Lipinski definition) is 2. The predicted molar refractivity (Wildman–Crippen MR) is 191 cm³/mol. The number of nitrogens with two attached hydrogens (primary N) is 2. The van der Waals surface area contributed by atoms with E-state index >= 15 is 0 Å². The molecule has 4 saturated carbocycles. The monoisotopic (exact) mass is 645 g/mol. The van der Waals surface area contributed by atoms with E-state index in [2.05, 4.69) is 34.6 Å². The first-order valence-electron chi connectivity index (χ1n) is 18.7. The minimum Gasteiger partial charge on any atom is -0.458 e. The van der Waals surface area contributed by atoms with Gasteiger partial charge < -0.3 is 26.0 Å². The molecule has 0 heterocycles. The van der Waals surface area contributed by atoms with Gasteiger partial charge in [-0.2, -0.15) is 0 Å². The molecule has 0 spiro atoms. The summed E-state index contributed by atoms with van der Waals surface area (Å²) in [5.41, 5.74) is 15.1. The second-order valence-corrected chi connectivity index (χ2v) is 16.9. The molecule has 10 unspecified atom stereocenters. The summed E-state index contributed by atoms with van der Waals surface area (Å²) in [4.78, 5) is 13.7. The highest BCUT2D eigenvalue weighted by atomic mass is 16.6. The van der Waals surface area contributed by atoms with E-state index in [1.807, 2.05) is 42.5 Å². The van der Waals surface area contributed by atoms with Gasteiger partial charge in [0.25, 0.3) is 6.29 Å². The Labute approximate surface area is 283 Å². The van der Waals surface area contributed by atoms with Gasteiger partial charge in [-0.1, -0.05) is 66.0 Å². The van der Waals surface area contributed by atoms with Gasteiger partial charge in [0.15, 0.2) is 0 Å². The standard InChI is InChI=1S/C41H60N2O4/c1-25(2)9-6-10-26(3)33-15-16-34-32-24-37(47-39(45)28-12-8-14-30(43)22-28)36-23-31(46-38(44)27-11-7-13-29(42)21-27)17-19-41(36,5)35(32)18-20-40(33,34)4/h7-8,11-14,21-22,25-26,31-38,44H,6,9-10,15-20,23-24,42-43H2,1-5H3/p+1/t26-,31?,32?,33?,34?,35?,36?,37?,38?,40?,41?/m0/s1. The van der Waals surface area contributed by atoms with Crippen molar-refractivity contribution in [2.75, 3.05) is 11.5 Å². The molecule has 4 aliphatic carbocycles. The highest BCUT2D eigenvalue weighted by Crippen LogP contribution is 2.69. The molecule has 0 aliphatic heterocycles. The highest BCUT2D eigenvalue weighted by Gasteiger charge is 2.63. The van der Waals surface area contributed by atoms with Crippen LogP contribution in [0.3, 0.4) is 0 Å². The summed E-state index contributed by atoms with van der Waals surface area (Å²) in [6, 6.07) is 14.7. The Hall–Kier alpha value is -2.57. The number of anilines is 2. The van der Waals surface area contributed by atoms with Crippen molar-refractivity contribution >= 4 is 17.3 Å². The summed E-state index contributed by atoms with van der Waals surface area (Å²) in [7, 11) is 0. The summed E-state index contributed by atoms with van der Waals surface area (Å²) in [6.45, 7) is 12.4. The smallest absolute Gasteiger partial charge is 0.338 e. The van der Waals surface area contributed by atoms with Gasteiger partial charge in [0.2, 0.25) is 0 Å². The topological polar surface area (TPSA) is 110 Å². The number of fused-ring (bicyclic) bond motifs is 5. The lowest BCUT2D eigenvalue weighted by atomic mass is 9.43. The maximum atomic E-state index is 13.7. The van der Waals surface area contributed by atoms with Crippen molar-refractivity contribution < 1.29 is 19.4 Å². The molecular weight excluding hydrogens is 584 g/mol. The van der Waals surface area contributed by atoms with Crippen LogP contribution < -0.4 is 11.5 Å². The summed E-state index contributed by atoms with van der Waals surface area (Å²) in [5.74, 6) is 4.11. The maximum Gasteiger partial charge on any atom is 0.338 e. The summed E-state index contributed by atoms with van der Waals surface area (Å²) in [6.07, 6.45) is 11.9. The van der Waals surface area contributed by atoms with Crippen LogP contribution in [-0.4, -0.2) is 23.3 Å².